The van der Waals surface area contributed by atoms with E-state index < -0.39 is 0 Å². The SMILES string of the molecule is CC(Cc1ccc(O)cc1)NCCC1CCOC1. The third kappa shape index (κ3) is 4.31. The Morgan fingerprint density at radius 1 is 1.39 bits per heavy atom. The van der Waals surface area contributed by atoms with Gasteiger partial charge in [0.25, 0.3) is 0 Å². The number of phenols is 1. The summed E-state index contributed by atoms with van der Waals surface area (Å²) in [7, 11) is 0. The van der Waals surface area contributed by atoms with Gasteiger partial charge < -0.3 is 15.2 Å². The minimum absolute atomic E-state index is 0.334. The molecule has 0 spiro atoms. The van der Waals surface area contributed by atoms with Gasteiger partial charge in [0.15, 0.2) is 0 Å². The highest BCUT2D eigenvalue weighted by atomic mass is 16.5. The molecule has 100 valence electrons. The van der Waals surface area contributed by atoms with Gasteiger partial charge in [-0.05, 0) is 56.3 Å². The van der Waals surface area contributed by atoms with Crippen molar-refractivity contribution in [3.8, 4) is 5.75 Å². The highest BCUT2D eigenvalue weighted by Crippen LogP contribution is 2.15. The summed E-state index contributed by atoms with van der Waals surface area (Å²) >= 11 is 0. The predicted octanol–water partition coefficient (Wildman–Crippen LogP) is 2.34. The lowest BCUT2D eigenvalue weighted by molar-refractivity contribution is 0.184. The second-order valence-corrected chi connectivity index (χ2v) is 5.24. The highest BCUT2D eigenvalue weighted by Gasteiger charge is 2.15. The molecule has 2 rings (SSSR count). The van der Waals surface area contributed by atoms with Crippen molar-refractivity contribution < 1.29 is 9.84 Å². The molecule has 3 heteroatoms. The molecule has 2 unspecified atom stereocenters. The maximum absolute atomic E-state index is 9.23. The first-order chi connectivity index (χ1) is 8.74. The molecule has 1 fully saturated rings. The molecule has 1 heterocycles. The smallest absolute Gasteiger partial charge is 0.115 e. The molecule has 18 heavy (non-hydrogen) atoms. The average Bonchev–Trinajstić information content (AvgIpc) is 2.85. The van der Waals surface area contributed by atoms with Crippen LogP contribution >= 0.6 is 0 Å². The van der Waals surface area contributed by atoms with Gasteiger partial charge in [-0.15, -0.1) is 0 Å². The molecular weight excluding hydrogens is 226 g/mol. The molecule has 0 saturated carbocycles. The molecule has 1 aliphatic heterocycles. The fraction of sp³-hybridized carbons (Fsp3) is 0.600. The summed E-state index contributed by atoms with van der Waals surface area (Å²) in [6.07, 6.45) is 3.43. The zero-order chi connectivity index (χ0) is 12.8. The minimum atomic E-state index is 0.334. The monoisotopic (exact) mass is 249 g/mol. The highest BCUT2D eigenvalue weighted by molar-refractivity contribution is 5.26. The van der Waals surface area contributed by atoms with Gasteiger partial charge in [-0.25, -0.2) is 0 Å². The summed E-state index contributed by atoms with van der Waals surface area (Å²) in [5, 5.41) is 12.8. The Morgan fingerprint density at radius 3 is 2.83 bits per heavy atom. The minimum Gasteiger partial charge on any atom is -0.508 e. The van der Waals surface area contributed by atoms with Crippen LogP contribution in [0.5, 0.6) is 5.75 Å². The zero-order valence-electron chi connectivity index (χ0n) is 11.1. The summed E-state index contributed by atoms with van der Waals surface area (Å²) in [5.41, 5.74) is 1.26. The van der Waals surface area contributed by atoms with E-state index in [0.29, 0.717) is 11.8 Å². The molecule has 1 saturated heterocycles. The van der Waals surface area contributed by atoms with Gasteiger partial charge in [-0.1, -0.05) is 12.1 Å². The van der Waals surface area contributed by atoms with Crippen molar-refractivity contribution in [1.29, 1.82) is 0 Å². The molecule has 2 N–H and O–H groups in total. The fourth-order valence-corrected chi connectivity index (χ4v) is 2.40. The number of ether oxygens (including phenoxy) is 1. The summed E-state index contributed by atoms with van der Waals surface area (Å²) in [6, 6.07) is 7.93. The summed E-state index contributed by atoms with van der Waals surface area (Å²) < 4.78 is 5.37. The lowest BCUT2D eigenvalue weighted by Crippen LogP contribution is -2.30. The first kappa shape index (κ1) is 13.4. The van der Waals surface area contributed by atoms with Crippen LogP contribution in [0.4, 0.5) is 0 Å². The maximum atomic E-state index is 9.23. The number of phenolic OH excluding ortho intramolecular Hbond substituents is 1. The van der Waals surface area contributed by atoms with Crippen molar-refractivity contribution in [2.45, 2.75) is 32.2 Å². The van der Waals surface area contributed by atoms with E-state index in [1.54, 1.807) is 12.1 Å². The van der Waals surface area contributed by atoms with Crippen LogP contribution < -0.4 is 5.32 Å². The van der Waals surface area contributed by atoms with E-state index >= 15 is 0 Å². The topological polar surface area (TPSA) is 41.5 Å². The number of hydrogen-bond acceptors (Lipinski definition) is 3. The van der Waals surface area contributed by atoms with Crippen LogP contribution in [-0.2, 0) is 11.2 Å². The maximum Gasteiger partial charge on any atom is 0.115 e. The van der Waals surface area contributed by atoms with Crippen LogP contribution in [-0.4, -0.2) is 30.9 Å². The van der Waals surface area contributed by atoms with Crippen molar-refractivity contribution in [2.75, 3.05) is 19.8 Å². The Kier molecular flexibility index (Phi) is 5.02. The third-order valence-corrected chi connectivity index (χ3v) is 3.55. The normalized spacial score (nSPS) is 21.1. The van der Waals surface area contributed by atoms with Gasteiger partial charge in [-0.2, -0.15) is 0 Å². The van der Waals surface area contributed by atoms with E-state index in [9.17, 15) is 5.11 Å². The third-order valence-electron chi connectivity index (χ3n) is 3.55. The lowest BCUT2D eigenvalue weighted by Gasteiger charge is -2.15. The van der Waals surface area contributed by atoms with Crippen LogP contribution in [0.15, 0.2) is 24.3 Å². The van der Waals surface area contributed by atoms with Gasteiger partial charge in [-0.3, -0.25) is 0 Å². The quantitative estimate of drug-likeness (QED) is 0.813. The van der Waals surface area contributed by atoms with Crippen LogP contribution in [0.3, 0.4) is 0 Å². The number of benzene rings is 1. The summed E-state index contributed by atoms with van der Waals surface area (Å²) in [6.45, 7) is 5.15. The standard InChI is InChI=1S/C15H23NO2/c1-12(10-13-2-4-15(17)5-3-13)16-8-6-14-7-9-18-11-14/h2-5,12,14,16-17H,6-11H2,1H3. The fourth-order valence-electron chi connectivity index (χ4n) is 2.40. The van der Waals surface area contributed by atoms with E-state index in [1.165, 1.54) is 18.4 Å². The van der Waals surface area contributed by atoms with Crippen molar-refractivity contribution in [3.63, 3.8) is 0 Å². The molecule has 1 aromatic carbocycles. The molecule has 1 aliphatic rings. The summed E-state index contributed by atoms with van der Waals surface area (Å²) in [4.78, 5) is 0. The number of nitrogens with one attached hydrogen (secondary N) is 1. The second kappa shape index (κ2) is 6.76. The molecule has 0 bridgehead atoms. The van der Waals surface area contributed by atoms with E-state index in [1.807, 2.05) is 12.1 Å². The number of aromatic hydroxyl groups is 1. The molecular formula is C15H23NO2. The number of rotatable bonds is 6. The zero-order valence-corrected chi connectivity index (χ0v) is 11.1. The Bertz CT molecular complexity index is 344. The second-order valence-electron chi connectivity index (χ2n) is 5.24. The molecule has 3 nitrogen and oxygen atoms in total. The Morgan fingerprint density at radius 2 is 2.17 bits per heavy atom. The molecule has 0 radical (unpaired) electrons. The van der Waals surface area contributed by atoms with E-state index in [2.05, 4.69) is 12.2 Å². The van der Waals surface area contributed by atoms with Crippen molar-refractivity contribution in [1.82, 2.24) is 5.32 Å². The lowest BCUT2D eigenvalue weighted by atomic mass is 10.0. The molecule has 0 aliphatic carbocycles. The van der Waals surface area contributed by atoms with Gasteiger partial charge in [0, 0.05) is 19.3 Å². The summed E-state index contributed by atoms with van der Waals surface area (Å²) in [5.74, 6) is 1.08. The molecule has 1 aromatic rings. The van der Waals surface area contributed by atoms with Crippen molar-refractivity contribution in [3.05, 3.63) is 29.8 Å². The van der Waals surface area contributed by atoms with Crippen LogP contribution in [0.25, 0.3) is 0 Å². The van der Waals surface area contributed by atoms with Crippen LogP contribution in [0, 0.1) is 5.92 Å². The van der Waals surface area contributed by atoms with Gasteiger partial charge >= 0.3 is 0 Å². The first-order valence-corrected chi connectivity index (χ1v) is 6.83. The Labute approximate surface area is 109 Å². The van der Waals surface area contributed by atoms with Crippen LogP contribution in [0.2, 0.25) is 0 Å². The number of hydrogen-bond donors (Lipinski definition) is 2. The molecule has 2 atom stereocenters. The van der Waals surface area contributed by atoms with Gasteiger partial charge in [0.05, 0.1) is 0 Å². The Balaban J connectivity index is 1.65. The molecule has 0 aromatic heterocycles. The van der Waals surface area contributed by atoms with Gasteiger partial charge in [0.2, 0.25) is 0 Å². The van der Waals surface area contributed by atoms with Crippen molar-refractivity contribution >= 4 is 0 Å². The largest absolute Gasteiger partial charge is 0.508 e. The van der Waals surface area contributed by atoms with Gasteiger partial charge in [0.1, 0.15) is 5.75 Å². The van der Waals surface area contributed by atoms with Crippen molar-refractivity contribution in [2.24, 2.45) is 5.92 Å². The van der Waals surface area contributed by atoms with Crippen LogP contribution in [0.1, 0.15) is 25.3 Å². The van der Waals surface area contributed by atoms with E-state index in [0.717, 1.165) is 32.1 Å². The average molecular weight is 249 g/mol. The van der Waals surface area contributed by atoms with E-state index in [4.69, 9.17) is 4.74 Å². The molecule has 0 amide bonds. The first-order valence-electron chi connectivity index (χ1n) is 6.83. The van der Waals surface area contributed by atoms with E-state index in [-0.39, 0.29) is 0 Å². The predicted molar refractivity (Wildman–Crippen MR) is 72.8 cm³/mol. The Hall–Kier alpha value is -1.06.